The van der Waals surface area contributed by atoms with Gasteiger partial charge in [-0.3, -0.25) is 4.79 Å². The smallest absolute Gasteiger partial charge is 0.326 e. The summed E-state index contributed by atoms with van der Waals surface area (Å²) in [7, 11) is 0. The van der Waals surface area contributed by atoms with Crippen LogP contribution in [0.3, 0.4) is 0 Å². The van der Waals surface area contributed by atoms with E-state index in [0.717, 1.165) is 17.5 Å². The largest absolute Gasteiger partial charge is 0.480 e. The second-order valence-corrected chi connectivity index (χ2v) is 5.06. The highest BCUT2D eigenvalue weighted by Gasteiger charge is 2.34. The maximum atomic E-state index is 12.4. The summed E-state index contributed by atoms with van der Waals surface area (Å²) in [6.45, 7) is 4.06. The van der Waals surface area contributed by atoms with Crippen LogP contribution in [-0.2, 0) is 22.6 Å². The number of carboxylic acids is 1. The molecule has 1 aromatic rings. The number of fused-ring (bicyclic) bond motifs is 1. The average molecular weight is 273 g/mol. The number of benzene rings is 1. The number of hydrogen-bond donors (Lipinski definition) is 1. The van der Waals surface area contributed by atoms with Crippen LogP contribution in [0.5, 0.6) is 0 Å². The fraction of sp³-hybridized carbons (Fsp3) is 0.375. The van der Waals surface area contributed by atoms with E-state index in [1.165, 1.54) is 4.90 Å². The zero-order valence-electron chi connectivity index (χ0n) is 11.8. The third-order valence-electron chi connectivity index (χ3n) is 3.64. The zero-order valence-corrected chi connectivity index (χ0v) is 11.8. The van der Waals surface area contributed by atoms with Gasteiger partial charge in [-0.2, -0.15) is 0 Å². The van der Waals surface area contributed by atoms with Gasteiger partial charge in [-0.15, -0.1) is 0 Å². The van der Waals surface area contributed by atoms with Crippen molar-refractivity contribution in [2.75, 3.05) is 0 Å². The number of rotatable bonds is 3. The van der Waals surface area contributed by atoms with Crippen molar-refractivity contribution in [2.45, 2.75) is 39.3 Å². The van der Waals surface area contributed by atoms with Crippen LogP contribution >= 0.6 is 0 Å². The van der Waals surface area contributed by atoms with Crippen LogP contribution in [0.4, 0.5) is 0 Å². The molecule has 0 aliphatic carbocycles. The fourth-order valence-electron chi connectivity index (χ4n) is 2.58. The summed E-state index contributed by atoms with van der Waals surface area (Å²) in [6.07, 6.45) is 2.97. The number of hydrogen-bond acceptors (Lipinski definition) is 2. The van der Waals surface area contributed by atoms with Crippen molar-refractivity contribution >= 4 is 11.9 Å². The van der Waals surface area contributed by atoms with E-state index in [2.05, 4.69) is 0 Å². The minimum Gasteiger partial charge on any atom is -0.480 e. The van der Waals surface area contributed by atoms with Gasteiger partial charge < -0.3 is 10.0 Å². The van der Waals surface area contributed by atoms with Gasteiger partial charge in [-0.05, 0) is 24.5 Å². The third-order valence-corrected chi connectivity index (χ3v) is 3.64. The molecule has 0 saturated carbocycles. The van der Waals surface area contributed by atoms with Gasteiger partial charge in [-0.1, -0.05) is 37.3 Å². The van der Waals surface area contributed by atoms with Crippen molar-refractivity contribution in [1.82, 2.24) is 4.90 Å². The predicted molar refractivity (Wildman–Crippen MR) is 76.2 cm³/mol. The molecular weight excluding hydrogens is 254 g/mol. The molecular formula is C16H19NO3. The number of amides is 1. The minimum absolute atomic E-state index is 0.186. The standard InChI is InChI=1S/C16H19NO3/c1-3-6-11(2)15(18)17-10-13-8-5-4-7-12(13)9-14(17)16(19)20/h4-8,14H,3,9-10H2,1-2H3,(H,19,20). The quantitative estimate of drug-likeness (QED) is 0.860. The molecule has 106 valence electrons. The van der Waals surface area contributed by atoms with E-state index in [0.29, 0.717) is 18.5 Å². The Kier molecular flexibility index (Phi) is 4.23. The summed E-state index contributed by atoms with van der Waals surface area (Å²) in [5.41, 5.74) is 2.65. The highest BCUT2D eigenvalue weighted by atomic mass is 16.4. The lowest BCUT2D eigenvalue weighted by molar-refractivity contribution is -0.149. The van der Waals surface area contributed by atoms with Crippen LogP contribution in [-0.4, -0.2) is 27.9 Å². The zero-order chi connectivity index (χ0) is 14.7. The van der Waals surface area contributed by atoms with Crippen LogP contribution in [0.1, 0.15) is 31.4 Å². The predicted octanol–water partition coefficient (Wildman–Crippen LogP) is 2.38. The second kappa shape index (κ2) is 5.90. The van der Waals surface area contributed by atoms with E-state index in [4.69, 9.17) is 0 Å². The van der Waals surface area contributed by atoms with Crippen LogP contribution in [0, 0.1) is 0 Å². The summed E-state index contributed by atoms with van der Waals surface area (Å²) >= 11 is 0. The van der Waals surface area contributed by atoms with E-state index in [9.17, 15) is 14.7 Å². The normalized spacial score (nSPS) is 18.6. The Morgan fingerprint density at radius 2 is 2.00 bits per heavy atom. The molecule has 1 aliphatic heterocycles. The van der Waals surface area contributed by atoms with Gasteiger partial charge in [0.05, 0.1) is 0 Å². The molecule has 20 heavy (non-hydrogen) atoms. The summed E-state index contributed by atoms with van der Waals surface area (Å²) in [4.78, 5) is 25.3. The Hall–Kier alpha value is -2.10. The second-order valence-electron chi connectivity index (χ2n) is 5.06. The van der Waals surface area contributed by atoms with Gasteiger partial charge in [0.2, 0.25) is 5.91 Å². The first-order chi connectivity index (χ1) is 9.54. The summed E-state index contributed by atoms with van der Waals surface area (Å²) < 4.78 is 0. The Bertz CT molecular complexity index is 563. The van der Waals surface area contributed by atoms with Crippen LogP contribution in [0.2, 0.25) is 0 Å². The monoisotopic (exact) mass is 273 g/mol. The molecule has 1 aromatic carbocycles. The maximum absolute atomic E-state index is 12.4. The molecule has 1 aliphatic rings. The fourth-order valence-corrected chi connectivity index (χ4v) is 2.58. The van der Waals surface area contributed by atoms with Crippen molar-refractivity contribution in [3.8, 4) is 0 Å². The number of nitrogens with zero attached hydrogens (tertiary/aromatic N) is 1. The lowest BCUT2D eigenvalue weighted by Crippen LogP contribution is -2.48. The van der Waals surface area contributed by atoms with E-state index in [1.54, 1.807) is 6.92 Å². The average Bonchev–Trinajstić information content (AvgIpc) is 2.45. The Morgan fingerprint density at radius 1 is 1.35 bits per heavy atom. The molecule has 1 atom stereocenters. The molecule has 4 heteroatoms. The number of allylic oxidation sites excluding steroid dienone is 1. The molecule has 0 saturated heterocycles. The van der Waals surface area contributed by atoms with E-state index >= 15 is 0 Å². The molecule has 1 N–H and O–H groups in total. The topological polar surface area (TPSA) is 57.6 Å². The van der Waals surface area contributed by atoms with E-state index < -0.39 is 12.0 Å². The van der Waals surface area contributed by atoms with Gasteiger partial charge in [0, 0.05) is 18.5 Å². The Labute approximate surface area is 118 Å². The lowest BCUT2D eigenvalue weighted by Gasteiger charge is -2.34. The van der Waals surface area contributed by atoms with Crippen LogP contribution < -0.4 is 0 Å². The number of aliphatic carboxylic acids is 1. The highest BCUT2D eigenvalue weighted by Crippen LogP contribution is 2.24. The Balaban J connectivity index is 2.34. The molecule has 0 spiro atoms. The van der Waals surface area contributed by atoms with Crippen molar-refractivity contribution in [3.05, 3.63) is 47.0 Å². The summed E-state index contributed by atoms with van der Waals surface area (Å²) in [5.74, 6) is -1.13. The minimum atomic E-state index is -0.947. The first kappa shape index (κ1) is 14.3. The third kappa shape index (κ3) is 2.74. The molecule has 1 amide bonds. The van der Waals surface area contributed by atoms with Gasteiger partial charge >= 0.3 is 5.97 Å². The molecule has 0 fully saturated rings. The van der Waals surface area contributed by atoms with Crippen molar-refractivity contribution in [2.24, 2.45) is 0 Å². The number of carbonyl (C=O) groups is 2. The number of carboxylic acid groups (broad SMARTS) is 1. The lowest BCUT2D eigenvalue weighted by atomic mass is 9.93. The SMILES string of the molecule is CCC=C(C)C(=O)N1Cc2ccccc2CC1C(=O)O. The maximum Gasteiger partial charge on any atom is 0.326 e. The molecule has 1 heterocycles. The van der Waals surface area contributed by atoms with Gasteiger partial charge in [-0.25, -0.2) is 4.79 Å². The summed E-state index contributed by atoms with van der Waals surface area (Å²) in [6, 6.07) is 6.92. The molecule has 0 aromatic heterocycles. The van der Waals surface area contributed by atoms with Crippen molar-refractivity contribution < 1.29 is 14.7 Å². The molecule has 1 unspecified atom stereocenters. The van der Waals surface area contributed by atoms with Crippen LogP contribution in [0.15, 0.2) is 35.9 Å². The first-order valence-corrected chi connectivity index (χ1v) is 6.82. The van der Waals surface area contributed by atoms with E-state index in [1.807, 2.05) is 37.3 Å². The van der Waals surface area contributed by atoms with Gasteiger partial charge in [0.25, 0.3) is 0 Å². The molecule has 0 bridgehead atoms. The highest BCUT2D eigenvalue weighted by molar-refractivity contribution is 5.95. The molecule has 0 radical (unpaired) electrons. The number of carbonyl (C=O) groups excluding carboxylic acids is 1. The first-order valence-electron chi connectivity index (χ1n) is 6.82. The van der Waals surface area contributed by atoms with Gasteiger partial charge in [0.1, 0.15) is 6.04 Å². The Morgan fingerprint density at radius 3 is 2.60 bits per heavy atom. The molecule has 4 nitrogen and oxygen atoms in total. The summed E-state index contributed by atoms with van der Waals surface area (Å²) in [5, 5.41) is 9.38. The van der Waals surface area contributed by atoms with Gasteiger partial charge in [0.15, 0.2) is 0 Å². The van der Waals surface area contributed by atoms with Crippen molar-refractivity contribution in [3.63, 3.8) is 0 Å². The van der Waals surface area contributed by atoms with E-state index in [-0.39, 0.29) is 5.91 Å². The molecule has 2 rings (SSSR count). The van der Waals surface area contributed by atoms with Crippen LogP contribution in [0.25, 0.3) is 0 Å². The van der Waals surface area contributed by atoms with Crippen molar-refractivity contribution in [1.29, 1.82) is 0 Å².